The fourth-order valence-corrected chi connectivity index (χ4v) is 12.0. The number of anilines is 1. The molecule has 0 saturated heterocycles. The molecule has 0 radical (unpaired) electrons. The Morgan fingerprint density at radius 2 is 1.67 bits per heavy atom. The number of quaternary nitrogens is 1. The van der Waals surface area contributed by atoms with Crippen LogP contribution in [0, 0.1) is 0 Å². The van der Waals surface area contributed by atoms with Crippen molar-refractivity contribution in [1.82, 2.24) is 33.5 Å². The molecule has 0 saturated carbocycles. The number of imidazole rings is 3. The van der Waals surface area contributed by atoms with Crippen molar-refractivity contribution in [2.45, 2.75) is 10.6 Å². The van der Waals surface area contributed by atoms with Crippen molar-refractivity contribution in [2.24, 2.45) is 14.1 Å². The summed E-state index contributed by atoms with van der Waals surface area (Å²) < 4.78 is 10.6. The molecule has 1 aliphatic rings. The molecule has 2 N–H and O–H groups in total. The molecular weight excluding hydrogens is 734 g/mol. The first-order valence-electron chi connectivity index (χ1n) is 15.8. The van der Waals surface area contributed by atoms with Crippen LogP contribution < -0.4 is 14.6 Å². The van der Waals surface area contributed by atoms with Gasteiger partial charge in [0, 0.05) is 0 Å². The van der Waals surface area contributed by atoms with E-state index in [9.17, 15) is 0 Å². The average molecular weight is 771 g/mol. The second kappa shape index (κ2) is 12.8. The van der Waals surface area contributed by atoms with Gasteiger partial charge in [0.25, 0.3) is 0 Å². The molecule has 242 valence electrons. The van der Waals surface area contributed by atoms with Gasteiger partial charge in [-0.05, 0) is 0 Å². The van der Waals surface area contributed by atoms with Crippen molar-refractivity contribution in [1.29, 1.82) is 0 Å². The summed E-state index contributed by atoms with van der Waals surface area (Å²) in [5, 5.41) is 11.1. The van der Waals surface area contributed by atoms with Crippen LogP contribution >= 0.6 is 0 Å². The summed E-state index contributed by atoms with van der Waals surface area (Å²) in [6.45, 7) is 1.67. The van der Waals surface area contributed by atoms with E-state index >= 15 is 0 Å². The van der Waals surface area contributed by atoms with Crippen LogP contribution in [0.1, 0.15) is 0 Å². The van der Waals surface area contributed by atoms with Crippen LogP contribution in [0.15, 0.2) is 79.6 Å². The van der Waals surface area contributed by atoms with E-state index in [2.05, 4.69) is 115 Å². The Hall–Kier alpha value is -4.58. The molecule has 1 atom stereocenters. The third-order valence-electron chi connectivity index (χ3n) is 8.60. The van der Waals surface area contributed by atoms with Gasteiger partial charge in [0.05, 0.1) is 0 Å². The summed E-state index contributed by atoms with van der Waals surface area (Å²) in [5.41, 5.74) is 9.05. The zero-order valence-corrected chi connectivity index (χ0v) is 30.6. The summed E-state index contributed by atoms with van der Waals surface area (Å²) in [6, 6.07) is 20.9. The first-order valence-corrected chi connectivity index (χ1v) is 22.6. The minimum atomic E-state index is 0.531. The summed E-state index contributed by atoms with van der Waals surface area (Å²) in [7, 11) is 8.30. The van der Waals surface area contributed by atoms with Crippen LogP contribution in [-0.2, 0) is 14.1 Å². The second-order valence-electron chi connectivity index (χ2n) is 11.7. The van der Waals surface area contributed by atoms with Gasteiger partial charge in [-0.2, -0.15) is 0 Å². The van der Waals surface area contributed by atoms with Gasteiger partial charge < -0.3 is 0 Å². The van der Waals surface area contributed by atoms with Crippen LogP contribution in [0.2, 0.25) is 10.6 Å². The van der Waals surface area contributed by atoms with Gasteiger partial charge in [0.2, 0.25) is 0 Å². The molecule has 2 aromatic carbocycles. The molecule has 1 unspecified atom stereocenters. The zero-order chi connectivity index (χ0) is 32.8. The van der Waals surface area contributed by atoms with Gasteiger partial charge in [0.15, 0.2) is 0 Å². The number of hydrogen-bond acceptors (Lipinski definition) is 5. The molecule has 5 aromatic heterocycles. The number of nitrogens with one attached hydrogen (secondary N) is 2. The monoisotopic (exact) mass is 772 g/mol. The number of hydrogen-bond donors (Lipinski definition) is 2. The van der Waals surface area contributed by atoms with Crippen molar-refractivity contribution in [3.8, 4) is 22.5 Å². The quantitative estimate of drug-likeness (QED) is 0.120. The van der Waals surface area contributed by atoms with Gasteiger partial charge in [-0.15, -0.1) is 0 Å². The third-order valence-corrected chi connectivity index (χ3v) is 15.9. The molecule has 12 nitrogen and oxygen atoms in total. The van der Waals surface area contributed by atoms with E-state index in [0.717, 1.165) is 91.2 Å². The summed E-state index contributed by atoms with van der Waals surface area (Å²) >= 11 is 1.07. The van der Waals surface area contributed by atoms with Gasteiger partial charge in [-0.1, -0.05) is 0 Å². The predicted molar refractivity (Wildman–Crippen MR) is 190 cm³/mol. The number of rotatable bonds is 11. The number of nitrogens with zero attached hydrogens (tertiary/aromatic N) is 10. The Morgan fingerprint density at radius 1 is 0.917 bits per heavy atom. The van der Waals surface area contributed by atoms with Crippen LogP contribution in [-0.4, -0.2) is 97.8 Å². The summed E-state index contributed by atoms with van der Waals surface area (Å²) in [5.74, 6) is 2.93. The summed E-state index contributed by atoms with van der Waals surface area (Å²) in [4.78, 5) is 20.2. The minimum absolute atomic E-state index is 0.531. The van der Waals surface area contributed by atoms with Gasteiger partial charge in [0.1, 0.15) is 0 Å². The Kier molecular flexibility index (Phi) is 8.19. The molecular formula is C34H36N12Se2+2. The van der Waals surface area contributed by atoms with Crippen LogP contribution in [0.4, 0.5) is 23.1 Å². The molecule has 6 heterocycles. The van der Waals surface area contributed by atoms with Crippen molar-refractivity contribution < 1.29 is 13.9 Å². The topological polar surface area (TPSA) is 104 Å². The fourth-order valence-electron chi connectivity index (χ4n) is 6.48. The van der Waals surface area contributed by atoms with E-state index in [4.69, 9.17) is 15.3 Å². The Bertz CT molecular complexity index is 2310. The van der Waals surface area contributed by atoms with E-state index in [-0.39, 0.29) is 0 Å². The first kappa shape index (κ1) is 30.7. The number of aromatic nitrogens is 8. The standard InChI is InChI=1S/C34H35N12Se2/c1-41-19-37-29-27(41)34-44(4)26(24-13-9-6-10-14-24)32(46(34)20-38-29)36-16-18-48-47-17-15-35-30-25(23-11-7-5-8-12-23)40-33-28-31(39-21-45(30)33)43(3)22-42(28)2/h5-14,19-22,36H,15-18H2,1-4H3/q+1/p+1. The van der Waals surface area contributed by atoms with E-state index < -0.39 is 0 Å². The van der Waals surface area contributed by atoms with Crippen LogP contribution in [0.5, 0.6) is 0 Å². The van der Waals surface area contributed by atoms with Crippen molar-refractivity contribution in [2.75, 3.05) is 32.5 Å². The molecule has 8 rings (SSSR count). The molecule has 14 heteroatoms. The maximum absolute atomic E-state index is 5.13. The van der Waals surface area contributed by atoms with E-state index in [1.807, 2.05) is 36.7 Å². The van der Waals surface area contributed by atoms with E-state index in [1.54, 1.807) is 0 Å². The molecule has 7 aromatic rings. The maximum atomic E-state index is 5.13. The number of fused-ring (bicyclic) bond motifs is 6. The van der Waals surface area contributed by atoms with Crippen LogP contribution in [0.25, 0.3) is 50.3 Å². The SMILES string of the molecule is Cn1cnc2nc[n+]3c(NCC[Se][Se]CC[N-]c4c(-c5ccccc5)nc5c6c(ncn45)[NH+](C)C=[N+]6C)c(-c4ccccc4)n(C)c3c21. The van der Waals surface area contributed by atoms with E-state index in [1.165, 1.54) is 5.56 Å². The van der Waals surface area contributed by atoms with E-state index in [0.29, 0.717) is 26.3 Å². The fraction of sp³-hybridized carbons (Fsp3) is 0.235. The predicted octanol–water partition coefficient (Wildman–Crippen LogP) is 3.16. The molecule has 0 spiro atoms. The zero-order valence-electron chi connectivity index (χ0n) is 27.2. The Morgan fingerprint density at radius 3 is 2.46 bits per heavy atom. The van der Waals surface area contributed by atoms with Gasteiger partial charge >= 0.3 is 290 Å². The number of benzene rings is 2. The van der Waals surface area contributed by atoms with Crippen molar-refractivity contribution >= 4 is 78.2 Å². The second-order valence-corrected chi connectivity index (χ2v) is 19.6. The molecule has 0 fully saturated rings. The molecule has 0 bridgehead atoms. The first-order chi connectivity index (χ1) is 23.5. The normalized spacial score (nSPS) is 14.2. The molecule has 48 heavy (non-hydrogen) atoms. The van der Waals surface area contributed by atoms with Crippen molar-refractivity contribution in [3.05, 3.63) is 85.0 Å². The molecule has 0 amide bonds. The summed E-state index contributed by atoms with van der Waals surface area (Å²) in [6.07, 6.45) is 7.71. The van der Waals surface area contributed by atoms with Gasteiger partial charge in [-0.3, -0.25) is 0 Å². The van der Waals surface area contributed by atoms with Crippen molar-refractivity contribution in [3.63, 3.8) is 0 Å². The Balaban J connectivity index is 0.948. The average Bonchev–Trinajstić information content (AvgIpc) is 3.83. The number of aryl methyl sites for hydroxylation is 2. The Labute approximate surface area is 289 Å². The third kappa shape index (κ3) is 5.26. The van der Waals surface area contributed by atoms with Gasteiger partial charge in [-0.25, -0.2) is 0 Å². The molecule has 1 aliphatic heterocycles. The van der Waals surface area contributed by atoms with Crippen LogP contribution in [0.3, 0.4) is 0 Å². The molecule has 0 aliphatic carbocycles.